The van der Waals surface area contributed by atoms with Crippen molar-refractivity contribution in [3.05, 3.63) is 57.5 Å². The highest BCUT2D eigenvalue weighted by Gasteiger charge is 2.25. The molecule has 0 N–H and O–H groups in total. The third kappa shape index (κ3) is 4.44. The summed E-state index contributed by atoms with van der Waals surface area (Å²) in [6.45, 7) is 12.0. The molecule has 27 heavy (non-hydrogen) atoms. The summed E-state index contributed by atoms with van der Waals surface area (Å²) in [5, 5.41) is 0. The maximum Gasteiger partial charge on any atom is 0.254 e. The molecule has 0 saturated heterocycles. The molecule has 1 aliphatic rings. The molecule has 0 bridgehead atoms. The first-order chi connectivity index (χ1) is 12.9. The zero-order chi connectivity index (χ0) is 19.6. The van der Waals surface area contributed by atoms with E-state index in [2.05, 4.69) is 37.9 Å². The van der Waals surface area contributed by atoms with Crippen molar-refractivity contribution >= 4 is 5.91 Å². The average Bonchev–Trinajstić information content (AvgIpc) is 2.95. The van der Waals surface area contributed by atoms with Gasteiger partial charge in [-0.15, -0.1) is 0 Å². The van der Waals surface area contributed by atoms with Gasteiger partial charge in [-0.2, -0.15) is 0 Å². The van der Waals surface area contributed by atoms with Gasteiger partial charge in [-0.1, -0.05) is 6.07 Å². The number of hydrogen-bond acceptors (Lipinski definition) is 3. The highest BCUT2D eigenvalue weighted by atomic mass is 16.3. The number of rotatable bonds is 7. The second-order valence-electron chi connectivity index (χ2n) is 7.92. The quantitative estimate of drug-likeness (QED) is 0.739. The first-order valence-corrected chi connectivity index (χ1v) is 9.99. The van der Waals surface area contributed by atoms with Crippen LogP contribution in [-0.2, 0) is 12.8 Å². The summed E-state index contributed by atoms with van der Waals surface area (Å²) < 4.78 is 5.60. The van der Waals surface area contributed by atoms with E-state index in [0.29, 0.717) is 0 Å². The molecule has 1 aromatic carbocycles. The Kier molecular flexibility index (Phi) is 6.05. The number of fused-ring (bicyclic) bond motifs is 1. The number of aryl methyl sites for hydroxylation is 3. The fourth-order valence-corrected chi connectivity index (χ4v) is 4.01. The number of carbonyl (C=O) groups is 1. The summed E-state index contributed by atoms with van der Waals surface area (Å²) in [4.78, 5) is 17.2. The Balaban J connectivity index is 1.47. The summed E-state index contributed by atoms with van der Waals surface area (Å²) in [6.07, 6.45) is 2.99. The normalized spacial score (nSPS) is 14.1. The highest BCUT2D eigenvalue weighted by Crippen LogP contribution is 2.24. The van der Waals surface area contributed by atoms with Gasteiger partial charge in [0.15, 0.2) is 0 Å². The van der Waals surface area contributed by atoms with E-state index in [9.17, 15) is 4.79 Å². The molecule has 4 nitrogen and oxygen atoms in total. The van der Waals surface area contributed by atoms with E-state index < -0.39 is 0 Å². The van der Waals surface area contributed by atoms with Gasteiger partial charge >= 0.3 is 0 Å². The minimum atomic E-state index is 0.200. The van der Waals surface area contributed by atoms with Gasteiger partial charge in [0.25, 0.3) is 5.91 Å². The van der Waals surface area contributed by atoms with Crippen LogP contribution in [0.25, 0.3) is 0 Å². The summed E-state index contributed by atoms with van der Waals surface area (Å²) in [7, 11) is 2.15. The molecule has 2 aromatic rings. The minimum absolute atomic E-state index is 0.200. The zero-order valence-electron chi connectivity index (χ0n) is 17.4. The number of carbonyl (C=O) groups excluding carboxylic acids is 1. The number of benzene rings is 1. The minimum Gasteiger partial charge on any atom is -0.466 e. The number of amides is 1. The molecule has 1 aliphatic heterocycles. The largest absolute Gasteiger partial charge is 0.466 e. The Morgan fingerprint density at radius 2 is 1.93 bits per heavy atom. The summed E-state index contributed by atoms with van der Waals surface area (Å²) in [6, 6.07) is 6.22. The number of likely N-dealkylation sites (N-methyl/N-ethyl adjacent to an activating group) is 1. The van der Waals surface area contributed by atoms with Crippen molar-refractivity contribution in [1.29, 1.82) is 0 Å². The molecular formula is C23H32N2O2. The van der Waals surface area contributed by atoms with Crippen LogP contribution in [0.4, 0.5) is 0 Å². The Bertz CT molecular complexity index is 822. The van der Waals surface area contributed by atoms with E-state index in [-0.39, 0.29) is 5.91 Å². The predicted octanol–water partition coefficient (Wildman–Crippen LogP) is 4.08. The van der Waals surface area contributed by atoms with Crippen LogP contribution in [0.2, 0.25) is 0 Å². The average molecular weight is 369 g/mol. The lowest BCUT2D eigenvalue weighted by atomic mass is 9.91. The number of nitrogens with zero attached hydrogens (tertiary/aromatic N) is 2. The van der Waals surface area contributed by atoms with E-state index in [1.165, 1.54) is 22.3 Å². The molecule has 0 unspecified atom stereocenters. The summed E-state index contributed by atoms with van der Waals surface area (Å²) in [5.41, 5.74) is 6.01. The van der Waals surface area contributed by atoms with Gasteiger partial charge < -0.3 is 14.2 Å². The fourth-order valence-electron chi connectivity index (χ4n) is 4.01. The Morgan fingerprint density at radius 3 is 2.63 bits per heavy atom. The molecule has 0 saturated carbocycles. The topological polar surface area (TPSA) is 36.7 Å². The first kappa shape index (κ1) is 19.7. The molecular weight excluding hydrogens is 336 g/mol. The Morgan fingerprint density at radius 1 is 1.15 bits per heavy atom. The van der Waals surface area contributed by atoms with Crippen molar-refractivity contribution in [2.45, 2.75) is 47.0 Å². The maximum absolute atomic E-state index is 12.8. The Hall–Kier alpha value is -2.07. The van der Waals surface area contributed by atoms with Crippen LogP contribution in [0.15, 0.2) is 22.6 Å². The van der Waals surface area contributed by atoms with Gasteiger partial charge in [-0.05, 0) is 94.9 Å². The molecule has 2 heterocycles. The third-order valence-corrected chi connectivity index (χ3v) is 5.89. The van der Waals surface area contributed by atoms with Gasteiger partial charge in [0.2, 0.25) is 0 Å². The van der Waals surface area contributed by atoms with Crippen LogP contribution >= 0.6 is 0 Å². The number of hydrogen-bond donors (Lipinski definition) is 0. The van der Waals surface area contributed by atoms with Crippen molar-refractivity contribution in [3.63, 3.8) is 0 Å². The number of furan rings is 1. The molecule has 146 valence electrons. The molecule has 1 aromatic heterocycles. The fraction of sp³-hybridized carbons (Fsp3) is 0.522. The van der Waals surface area contributed by atoms with Gasteiger partial charge in [0.1, 0.15) is 11.5 Å². The van der Waals surface area contributed by atoms with Crippen molar-refractivity contribution in [1.82, 2.24) is 9.80 Å². The second-order valence-corrected chi connectivity index (χ2v) is 7.92. The molecule has 0 aliphatic carbocycles. The molecule has 0 fully saturated rings. The second kappa shape index (κ2) is 8.30. The lowest BCUT2D eigenvalue weighted by Gasteiger charge is -2.30. The SMILES string of the molecule is Cc1cc(CCN(C)CCCN2CCc3c(ccc(C)c3C)C2=O)c(C)o1. The Labute approximate surface area is 163 Å². The predicted molar refractivity (Wildman–Crippen MR) is 110 cm³/mol. The monoisotopic (exact) mass is 368 g/mol. The van der Waals surface area contributed by atoms with Crippen molar-refractivity contribution in [2.24, 2.45) is 0 Å². The molecule has 1 amide bonds. The zero-order valence-corrected chi connectivity index (χ0v) is 17.4. The van der Waals surface area contributed by atoms with Crippen LogP contribution in [-0.4, -0.2) is 48.9 Å². The molecule has 0 radical (unpaired) electrons. The van der Waals surface area contributed by atoms with Crippen molar-refractivity contribution in [3.8, 4) is 0 Å². The van der Waals surface area contributed by atoms with E-state index >= 15 is 0 Å². The van der Waals surface area contributed by atoms with Crippen molar-refractivity contribution in [2.75, 3.05) is 33.2 Å². The molecule has 0 spiro atoms. The maximum atomic E-state index is 12.8. The molecule has 4 heteroatoms. The van der Waals surface area contributed by atoms with E-state index in [4.69, 9.17) is 4.42 Å². The summed E-state index contributed by atoms with van der Waals surface area (Å²) >= 11 is 0. The third-order valence-electron chi connectivity index (χ3n) is 5.89. The van der Waals surface area contributed by atoms with E-state index in [1.807, 2.05) is 24.8 Å². The van der Waals surface area contributed by atoms with E-state index in [0.717, 1.165) is 62.5 Å². The van der Waals surface area contributed by atoms with Gasteiger partial charge in [0.05, 0.1) is 0 Å². The van der Waals surface area contributed by atoms with Gasteiger partial charge in [0, 0.05) is 25.2 Å². The molecule has 3 rings (SSSR count). The smallest absolute Gasteiger partial charge is 0.254 e. The van der Waals surface area contributed by atoms with Crippen LogP contribution in [0, 0.1) is 27.7 Å². The van der Waals surface area contributed by atoms with Gasteiger partial charge in [-0.3, -0.25) is 4.79 Å². The lowest BCUT2D eigenvalue weighted by Crippen LogP contribution is -2.39. The van der Waals surface area contributed by atoms with Crippen molar-refractivity contribution < 1.29 is 9.21 Å². The lowest BCUT2D eigenvalue weighted by molar-refractivity contribution is 0.0733. The molecule has 0 atom stereocenters. The summed E-state index contributed by atoms with van der Waals surface area (Å²) in [5.74, 6) is 2.22. The highest BCUT2D eigenvalue weighted by molar-refractivity contribution is 5.97. The van der Waals surface area contributed by atoms with Crippen LogP contribution in [0.1, 0.15) is 50.6 Å². The van der Waals surface area contributed by atoms with Crippen LogP contribution < -0.4 is 0 Å². The van der Waals surface area contributed by atoms with E-state index in [1.54, 1.807) is 0 Å². The van der Waals surface area contributed by atoms with Crippen LogP contribution in [0.3, 0.4) is 0 Å². The first-order valence-electron chi connectivity index (χ1n) is 9.99. The standard InChI is InChI=1S/C23H32N2O2/c1-16-7-8-22-21(18(16)3)10-14-25(23(22)26)12-6-11-24(5)13-9-20-15-17(2)27-19(20)4/h7-8,15H,6,9-14H2,1-5H3. The van der Waals surface area contributed by atoms with Gasteiger partial charge in [-0.25, -0.2) is 0 Å². The van der Waals surface area contributed by atoms with Crippen LogP contribution in [0.5, 0.6) is 0 Å².